The van der Waals surface area contributed by atoms with Crippen LogP contribution in [0.3, 0.4) is 0 Å². The molecule has 0 aliphatic heterocycles. The maximum absolute atomic E-state index is 12.4. The summed E-state index contributed by atoms with van der Waals surface area (Å²) in [7, 11) is 0. The van der Waals surface area contributed by atoms with Crippen molar-refractivity contribution in [1.29, 1.82) is 0 Å². The quantitative estimate of drug-likeness (QED) is 0.0321. The molecule has 0 radical (unpaired) electrons. The molecule has 6 nitrogen and oxygen atoms in total. The molecular weight excluding hydrogens is 839 g/mol. The monoisotopic (exact) mass is 956 g/mol. The van der Waals surface area contributed by atoms with Crippen molar-refractivity contribution in [3.05, 3.63) is 36.5 Å². The molecule has 0 fully saturated rings. The van der Waals surface area contributed by atoms with Gasteiger partial charge in [0, 0.05) is 12.8 Å². The maximum atomic E-state index is 12.4. The largest absolute Gasteiger partial charge is 0.466 e. The van der Waals surface area contributed by atoms with E-state index in [1.54, 1.807) is 6.08 Å². The summed E-state index contributed by atoms with van der Waals surface area (Å²) >= 11 is 0. The number of nitrogens with one attached hydrogen (secondary N) is 1. The van der Waals surface area contributed by atoms with Crippen LogP contribution >= 0.6 is 0 Å². The molecule has 2 unspecified atom stereocenters. The summed E-state index contributed by atoms with van der Waals surface area (Å²) in [5.41, 5.74) is 0. The number of ether oxygens (including phenoxy) is 1. The molecule has 0 saturated carbocycles. The molecule has 68 heavy (non-hydrogen) atoms. The minimum Gasteiger partial charge on any atom is -0.466 e. The Bertz CT molecular complexity index is 1100. The number of carbonyl (C=O) groups excluding carboxylic acids is 2. The summed E-state index contributed by atoms with van der Waals surface area (Å²) in [5.74, 6) is -0.0717. The van der Waals surface area contributed by atoms with Crippen LogP contribution in [0.2, 0.25) is 0 Å². The van der Waals surface area contributed by atoms with Crippen molar-refractivity contribution in [3.8, 4) is 0 Å². The topological polar surface area (TPSA) is 95.9 Å². The lowest BCUT2D eigenvalue weighted by Crippen LogP contribution is -2.45. The molecule has 0 aliphatic carbocycles. The van der Waals surface area contributed by atoms with Gasteiger partial charge in [0.25, 0.3) is 0 Å². The molecule has 2 atom stereocenters. The van der Waals surface area contributed by atoms with Crippen molar-refractivity contribution < 1.29 is 24.5 Å². The number of carbonyl (C=O) groups is 2. The Morgan fingerprint density at radius 3 is 1.04 bits per heavy atom. The number of unbranched alkanes of at least 4 members (excludes halogenated alkanes) is 41. The highest BCUT2D eigenvalue weighted by atomic mass is 16.5. The van der Waals surface area contributed by atoms with Crippen molar-refractivity contribution in [3.63, 3.8) is 0 Å². The van der Waals surface area contributed by atoms with E-state index in [9.17, 15) is 19.8 Å². The van der Waals surface area contributed by atoms with E-state index in [0.717, 1.165) is 51.4 Å². The third-order valence-electron chi connectivity index (χ3n) is 13.9. The van der Waals surface area contributed by atoms with Crippen LogP contribution < -0.4 is 5.32 Å². The van der Waals surface area contributed by atoms with Gasteiger partial charge in [0.05, 0.1) is 25.4 Å². The predicted molar refractivity (Wildman–Crippen MR) is 296 cm³/mol. The molecule has 1 amide bonds. The lowest BCUT2D eigenvalue weighted by molar-refractivity contribution is -0.143. The molecular formula is C62H117NO5. The van der Waals surface area contributed by atoms with Gasteiger partial charge in [0.15, 0.2) is 0 Å². The van der Waals surface area contributed by atoms with Crippen LogP contribution in [0, 0.1) is 0 Å². The number of aliphatic hydroxyl groups excluding tert-OH is 2. The van der Waals surface area contributed by atoms with Gasteiger partial charge < -0.3 is 20.3 Å². The lowest BCUT2D eigenvalue weighted by Gasteiger charge is -2.20. The number of allylic oxidation sites excluding steroid dienone is 5. The van der Waals surface area contributed by atoms with Gasteiger partial charge in [-0.15, -0.1) is 0 Å². The highest BCUT2D eigenvalue weighted by Crippen LogP contribution is 2.16. The van der Waals surface area contributed by atoms with E-state index in [2.05, 4.69) is 43.5 Å². The van der Waals surface area contributed by atoms with Crippen molar-refractivity contribution in [2.75, 3.05) is 13.2 Å². The minimum absolute atomic E-state index is 0.00226. The molecule has 0 rings (SSSR count). The average Bonchev–Trinajstić information content (AvgIpc) is 3.34. The standard InChI is InChI=1S/C62H117NO5/c1-3-5-7-9-11-13-15-17-30-34-38-42-46-50-54-60(65)59(58-64)63-61(66)55-51-47-43-39-35-31-28-26-24-22-20-19-21-23-25-27-29-33-37-41-45-49-53-57-68-62(67)56-52-48-44-40-36-32-18-16-14-12-10-8-6-4-2/h16,18,22,24,50,54,59-60,64-65H,3-15,17,19-21,23,25-49,51-53,55-58H2,1-2H3,(H,63,66)/b18-16-,24-22-,54-50+. The number of hydrogen-bond donors (Lipinski definition) is 3. The van der Waals surface area contributed by atoms with Crippen LogP contribution in [-0.4, -0.2) is 47.4 Å². The van der Waals surface area contributed by atoms with Crippen LogP contribution in [0.15, 0.2) is 36.5 Å². The first kappa shape index (κ1) is 66.1. The van der Waals surface area contributed by atoms with Crippen LogP contribution in [-0.2, 0) is 14.3 Å². The Kier molecular flexibility index (Phi) is 56.0. The maximum Gasteiger partial charge on any atom is 0.305 e. The lowest BCUT2D eigenvalue weighted by atomic mass is 10.0. The van der Waals surface area contributed by atoms with Crippen LogP contribution in [0.25, 0.3) is 0 Å². The fourth-order valence-corrected chi connectivity index (χ4v) is 9.21. The molecule has 3 N–H and O–H groups in total. The second kappa shape index (κ2) is 57.7. The van der Waals surface area contributed by atoms with Gasteiger partial charge in [0.1, 0.15) is 0 Å². The Morgan fingerprint density at radius 1 is 0.397 bits per heavy atom. The predicted octanol–water partition coefficient (Wildman–Crippen LogP) is 18.8. The van der Waals surface area contributed by atoms with E-state index >= 15 is 0 Å². The number of esters is 1. The second-order valence-corrected chi connectivity index (χ2v) is 20.7. The van der Waals surface area contributed by atoms with Gasteiger partial charge in [-0.25, -0.2) is 0 Å². The van der Waals surface area contributed by atoms with E-state index < -0.39 is 12.1 Å². The zero-order chi connectivity index (χ0) is 49.3. The van der Waals surface area contributed by atoms with E-state index in [1.807, 2.05) is 6.08 Å². The summed E-state index contributed by atoms with van der Waals surface area (Å²) in [4.78, 5) is 24.5. The molecule has 0 aromatic rings. The highest BCUT2D eigenvalue weighted by molar-refractivity contribution is 5.76. The van der Waals surface area contributed by atoms with Crippen LogP contribution in [0.1, 0.15) is 322 Å². The second-order valence-electron chi connectivity index (χ2n) is 20.7. The molecule has 0 spiro atoms. The van der Waals surface area contributed by atoms with Gasteiger partial charge >= 0.3 is 5.97 Å². The SMILES string of the molecule is CCCCCCC/C=C\CCCCCCCC(=O)OCCCCCCCCCCCCCC/C=C\CCCCCCCCCC(=O)NC(CO)C(O)/C=C/CCCCCCCCCCCCCC. The van der Waals surface area contributed by atoms with Crippen LogP contribution in [0.4, 0.5) is 0 Å². The molecule has 0 aromatic carbocycles. The van der Waals surface area contributed by atoms with Crippen molar-refractivity contribution in [2.24, 2.45) is 0 Å². The first-order valence-corrected chi connectivity index (χ1v) is 30.3. The number of hydrogen-bond acceptors (Lipinski definition) is 5. The third kappa shape index (κ3) is 53.4. The molecule has 0 saturated heterocycles. The fourth-order valence-electron chi connectivity index (χ4n) is 9.21. The van der Waals surface area contributed by atoms with Crippen LogP contribution in [0.5, 0.6) is 0 Å². The van der Waals surface area contributed by atoms with Gasteiger partial charge in [0.2, 0.25) is 5.91 Å². The van der Waals surface area contributed by atoms with E-state index in [0.29, 0.717) is 19.4 Å². The Morgan fingerprint density at radius 2 is 0.691 bits per heavy atom. The molecule has 0 bridgehead atoms. The normalized spacial score (nSPS) is 12.8. The number of aliphatic hydroxyl groups is 2. The van der Waals surface area contributed by atoms with E-state index in [4.69, 9.17) is 4.74 Å². The van der Waals surface area contributed by atoms with E-state index in [1.165, 1.54) is 244 Å². The first-order valence-electron chi connectivity index (χ1n) is 30.3. The molecule has 6 heteroatoms. The summed E-state index contributed by atoms with van der Waals surface area (Å²) in [6, 6.07) is -0.632. The first-order chi connectivity index (χ1) is 33.5. The molecule has 0 aliphatic rings. The summed E-state index contributed by atoms with van der Waals surface area (Å²) in [5, 5.41) is 23.1. The Hall–Kier alpha value is -1.92. The van der Waals surface area contributed by atoms with Gasteiger partial charge in [-0.2, -0.15) is 0 Å². The highest BCUT2D eigenvalue weighted by Gasteiger charge is 2.18. The molecule has 0 aromatic heterocycles. The smallest absolute Gasteiger partial charge is 0.305 e. The Balaban J connectivity index is 3.43. The zero-order valence-electron chi connectivity index (χ0n) is 45.6. The fraction of sp³-hybridized carbons (Fsp3) is 0.871. The van der Waals surface area contributed by atoms with Gasteiger partial charge in [-0.3, -0.25) is 9.59 Å². The number of amides is 1. The Labute approximate surface area is 424 Å². The van der Waals surface area contributed by atoms with E-state index in [-0.39, 0.29) is 18.5 Å². The van der Waals surface area contributed by atoms with Gasteiger partial charge in [-0.05, 0) is 83.5 Å². The average molecular weight is 957 g/mol. The third-order valence-corrected chi connectivity index (χ3v) is 13.9. The summed E-state index contributed by atoms with van der Waals surface area (Å²) in [6.07, 6.45) is 71.8. The molecule has 400 valence electrons. The van der Waals surface area contributed by atoms with Crippen molar-refractivity contribution in [2.45, 2.75) is 334 Å². The summed E-state index contributed by atoms with van der Waals surface area (Å²) < 4.78 is 5.47. The minimum atomic E-state index is -0.848. The molecule has 0 heterocycles. The van der Waals surface area contributed by atoms with Crippen molar-refractivity contribution in [1.82, 2.24) is 5.32 Å². The zero-order valence-corrected chi connectivity index (χ0v) is 45.6. The van der Waals surface area contributed by atoms with Gasteiger partial charge in [-0.1, -0.05) is 262 Å². The number of rotatable bonds is 56. The summed E-state index contributed by atoms with van der Waals surface area (Å²) in [6.45, 7) is 4.89. The van der Waals surface area contributed by atoms with Crippen molar-refractivity contribution >= 4 is 11.9 Å².